The van der Waals surface area contributed by atoms with Crippen molar-refractivity contribution in [2.24, 2.45) is 0 Å². The molecule has 0 aliphatic carbocycles. The van der Waals surface area contributed by atoms with Gasteiger partial charge in [-0.2, -0.15) is 0 Å². The second-order valence-corrected chi connectivity index (χ2v) is 7.67. The topological polar surface area (TPSA) is 75.7 Å². The minimum absolute atomic E-state index is 0.0953. The first kappa shape index (κ1) is 15.7. The summed E-state index contributed by atoms with van der Waals surface area (Å²) in [6.07, 6.45) is 3.94. The minimum Gasteiger partial charge on any atom is -0.380 e. The zero-order chi connectivity index (χ0) is 14.6. The van der Waals surface area contributed by atoms with Gasteiger partial charge in [0.25, 0.3) is 0 Å². The van der Waals surface area contributed by atoms with Crippen LogP contribution < -0.4 is 4.72 Å². The molecule has 0 aromatic carbocycles. The fourth-order valence-corrected chi connectivity index (χ4v) is 4.18. The number of nitrogens with zero attached hydrogens (tertiary/aromatic N) is 1. The van der Waals surface area contributed by atoms with Crippen LogP contribution in [0.25, 0.3) is 0 Å². The Hall–Kier alpha value is -0.660. The number of hydrogen-bond donors (Lipinski definition) is 1. The third kappa shape index (κ3) is 3.93. The highest BCUT2D eigenvalue weighted by molar-refractivity contribution is 7.90. The number of rotatable bonds is 5. The van der Waals surface area contributed by atoms with Crippen molar-refractivity contribution >= 4 is 15.9 Å². The van der Waals surface area contributed by atoms with Crippen LogP contribution in [0, 0.1) is 0 Å². The molecule has 2 aliphatic rings. The monoisotopic (exact) mass is 304 g/mol. The van der Waals surface area contributed by atoms with Crippen LogP contribution in [0.15, 0.2) is 0 Å². The minimum atomic E-state index is -3.35. The van der Waals surface area contributed by atoms with Gasteiger partial charge in [0.05, 0.1) is 11.9 Å². The van der Waals surface area contributed by atoms with E-state index in [-0.39, 0.29) is 25.1 Å². The van der Waals surface area contributed by atoms with Gasteiger partial charge in [0.2, 0.25) is 15.9 Å². The molecule has 2 saturated heterocycles. The average Bonchev–Trinajstić information content (AvgIpc) is 2.46. The largest absolute Gasteiger partial charge is 0.380 e. The number of sulfonamides is 1. The highest BCUT2D eigenvalue weighted by Gasteiger charge is 2.29. The van der Waals surface area contributed by atoms with Crippen LogP contribution >= 0.6 is 0 Å². The summed E-state index contributed by atoms with van der Waals surface area (Å²) in [5.74, 6) is 0.129. The summed E-state index contributed by atoms with van der Waals surface area (Å²) in [7, 11) is -3.35. The van der Waals surface area contributed by atoms with E-state index in [2.05, 4.69) is 4.72 Å². The van der Waals surface area contributed by atoms with Crippen molar-refractivity contribution in [1.82, 2.24) is 9.62 Å². The van der Waals surface area contributed by atoms with Crippen LogP contribution in [0.5, 0.6) is 0 Å². The van der Waals surface area contributed by atoms with Crippen LogP contribution in [-0.4, -0.2) is 56.8 Å². The lowest BCUT2D eigenvalue weighted by molar-refractivity contribution is -0.135. The average molecular weight is 304 g/mol. The van der Waals surface area contributed by atoms with Crippen LogP contribution in [0.1, 0.15) is 39.0 Å². The van der Waals surface area contributed by atoms with E-state index in [1.54, 1.807) is 4.90 Å². The fourth-order valence-electron chi connectivity index (χ4n) is 2.71. The molecule has 0 radical (unpaired) electrons. The highest BCUT2D eigenvalue weighted by atomic mass is 32.2. The standard InChI is InChI=1S/C13H24N2O4S/c1-11(15-7-3-2-6-13(15)16)9-14-20(17,18)12-5-4-8-19-10-12/h11-12,14H,2-10H2,1H3/t11-,12+/m0/s1. The van der Waals surface area contributed by atoms with Crippen LogP contribution in [-0.2, 0) is 19.6 Å². The van der Waals surface area contributed by atoms with Gasteiger partial charge in [0.15, 0.2) is 0 Å². The van der Waals surface area contributed by atoms with Gasteiger partial charge in [0, 0.05) is 32.2 Å². The second-order valence-electron chi connectivity index (χ2n) is 5.63. The number of likely N-dealkylation sites (tertiary alicyclic amines) is 1. The number of hydrogen-bond acceptors (Lipinski definition) is 4. The van der Waals surface area contributed by atoms with E-state index in [4.69, 9.17) is 4.74 Å². The van der Waals surface area contributed by atoms with E-state index in [0.717, 1.165) is 25.8 Å². The molecule has 7 heteroatoms. The molecule has 0 bridgehead atoms. The molecule has 0 spiro atoms. The maximum atomic E-state index is 12.2. The molecule has 2 fully saturated rings. The molecule has 2 heterocycles. The van der Waals surface area contributed by atoms with E-state index < -0.39 is 15.3 Å². The summed E-state index contributed by atoms with van der Waals surface area (Å²) >= 11 is 0. The van der Waals surface area contributed by atoms with E-state index in [0.29, 0.717) is 19.4 Å². The molecule has 6 nitrogen and oxygen atoms in total. The number of carbonyl (C=O) groups is 1. The molecule has 0 unspecified atom stereocenters. The Labute approximate surface area is 120 Å². The summed E-state index contributed by atoms with van der Waals surface area (Å²) in [5, 5.41) is -0.458. The Morgan fingerprint density at radius 1 is 1.40 bits per heavy atom. The predicted molar refractivity (Wildman–Crippen MR) is 75.8 cm³/mol. The Morgan fingerprint density at radius 2 is 2.20 bits per heavy atom. The first-order chi connectivity index (χ1) is 9.50. The number of carbonyl (C=O) groups excluding carboxylic acids is 1. The fraction of sp³-hybridized carbons (Fsp3) is 0.923. The predicted octanol–water partition coefficient (Wildman–Crippen LogP) is 0.486. The summed E-state index contributed by atoms with van der Waals surface area (Å²) in [6.45, 7) is 3.82. The van der Waals surface area contributed by atoms with Crippen molar-refractivity contribution in [2.75, 3.05) is 26.3 Å². The van der Waals surface area contributed by atoms with Crippen LogP contribution in [0.4, 0.5) is 0 Å². The Bertz CT molecular complexity index is 432. The molecule has 116 valence electrons. The van der Waals surface area contributed by atoms with Gasteiger partial charge in [-0.05, 0) is 32.6 Å². The first-order valence-corrected chi connectivity index (χ1v) is 8.91. The quantitative estimate of drug-likeness (QED) is 0.802. The first-order valence-electron chi connectivity index (χ1n) is 7.36. The summed E-state index contributed by atoms with van der Waals surface area (Å²) in [4.78, 5) is 13.6. The zero-order valence-electron chi connectivity index (χ0n) is 12.0. The lowest BCUT2D eigenvalue weighted by Crippen LogP contribution is -2.49. The zero-order valence-corrected chi connectivity index (χ0v) is 12.8. The number of piperidine rings is 1. The molecule has 2 atom stereocenters. The van der Waals surface area contributed by atoms with Crippen molar-refractivity contribution < 1.29 is 17.9 Å². The molecule has 0 aromatic heterocycles. The van der Waals surface area contributed by atoms with E-state index in [9.17, 15) is 13.2 Å². The van der Waals surface area contributed by atoms with Crippen molar-refractivity contribution in [3.05, 3.63) is 0 Å². The SMILES string of the molecule is C[C@@H](CNS(=O)(=O)[C@@H]1CCCOC1)N1CCCCC1=O. The summed E-state index contributed by atoms with van der Waals surface area (Å²) in [5.41, 5.74) is 0. The second kappa shape index (κ2) is 6.87. The van der Waals surface area contributed by atoms with Gasteiger partial charge >= 0.3 is 0 Å². The molecule has 1 N–H and O–H groups in total. The summed E-state index contributed by atoms with van der Waals surface area (Å²) < 4.78 is 32.2. The van der Waals surface area contributed by atoms with Gasteiger partial charge in [0.1, 0.15) is 0 Å². The smallest absolute Gasteiger partial charge is 0.222 e. The van der Waals surface area contributed by atoms with E-state index in [1.807, 2.05) is 6.92 Å². The number of amides is 1. The van der Waals surface area contributed by atoms with Gasteiger partial charge in [-0.25, -0.2) is 13.1 Å². The summed E-state index contributed by atoms with van der Waals surface area (Å²) in [6, 6.07) is -0.0953. The highest BCUT2D eigenvalue weighted by Crippen LogP contribution is 2.16. The molecule has 2 rings (SSSR count). The molecule has 0 saturated carbocycles. The Morgan fingerprint density at radius 3 is 2.85 bits per heavy atom. The maximum absolute atomic E-state index is 12.2. The molecule has 2 aliphatic heterocycles. The van der Waals surface area contributed by atoms with E-state index >= 15 is 0 Å². The lowest BCUT2D eigenvalue weighted by atomic mass is 10.1. The van der Waals surface area contributed by atoms with Gasteiger partial charge < -0.3 is 9.64 Å². The molecule has 1 amide bonds. The third-order valence-electron chi connectivity index (χ3n) is 4.03. The maximum Gasteiger partial charge on any atom is 0.222 e. The van der Waals surface area contributed by atoms with Crippen LogP contribution in [0.2, 0.25) is 0 Å². The molecule has 20 heavy (non-hydrogen) atoms. The normalized spacial score (nSPS) is 26.6. The lowest BCUT2D eigenvalue weighted by Gasteiger charge is -2.33. The van der Waals surface area contributed by atoms with Crippen LogP contribution in [0.3, 0.4) is 0 Å². The number of nitrogens with one attached hydrogen (secondary N) is 1. The molecular formula is C13H24N2O4S. The van der Waals surface area contributed by atoms with Crippen molar-refractivity contribution in [3.8, 4) is 0 Å². The Kier molecular flexibility index (Phi) is 5.40. The third-order valence-corrected chi connectivity index (χ3v) is 5.85. The molecular weight excluding hydrogens is 280 g/mol. The Balaban J connectivity index is 1.85. The van der Waals surface area contributed by atoms with Gasteiger partial charge in [-0.1, -0.05) is 0 Å². The van der Waals surface area contributed by atoms with Crippen molar-refractivity contribution in [2.45, 2.75) is 50.3 Å². The van der Waals surface area contributed by atoms with Gasteiger partial charge in [-0.3, -0.25) is 4.79 Å². The number of ether oxygens (including phenoxy) is 1. The van der Waals surface area contributed by atoms with Crippen molar-refractivity contribution in [1.29, 1.82) is 0 Å². The molecule has 0 aromatic rings. The van der Waals surface area contributed by atoms with E-state index in [1.165, 1.54) is 0 Å². The van der Waals surface area contributed by atoms with Gasteiger partial charge in [-0.15, -0.1) is 0 Å². The van der Waals surface area contributed by atoms with Crippen molar-refractivity contribution in [3.63, 3.8) is 0 Å².